The van der Waals surface area contributed by atoms with Crippen molar-refractivity contribution in [2.24, 2.45) is 5.73 Å². The number of rotatable bonds is 3. The number of nitrogens with two attached hydrogens (primary N) is 1. The van der Waals surface area contributed by atoms with Crippen LogP contribution in [0.25, 0.3) is 0 Å². The third kappa shape index (κ3) is 2.48. The Morgan fingerprint density at radius 3 is 2.50 bits per heavy atom. The average molecular weight is 193 g/mol. The fraction of sp³-hybridized carbons (Fsp3) is 0.500. The van der Waals surface area contributed by atoms with Crippen LogP contribution >= 0.6 is 0 Å². The van der Waals surface area contributed by atoms with E-state index in [1.807, 2.05) is 26.0 Å². The molecule has 78 valence electrons. The smallest absolute Gasteiger partial charge is 0.120 e. The number of aryl methyl sites for hydroxylation is 1. The Morgan fingerprint density at radius 2 is 2.00 bits per heavy atom. The molecule has 0 aliphatic heterocycles. The van der Waals surface area contributed by atoms with Crippen molar-refractivity contribution in [3.63, 3.8) is 0 Å². The second-order valence-electron chi connectivity index (χ2n) is 4.32. The highest BCUT2D eigenvalue weighted by Crippen LogP contribution is 2.28. The monoisotopic (exact) mass is 193 g/mol. The first-order valence-electron chi connectivity index (χ1n) is 5.06. The van der Waals surface area contributed by atoms with E-state index in [9.17, 15) is 5.11 Å². The van der Waals surface area contributed by atoms with Gasteiger partial charge in [0.15, 0.2) is 0 Å². The van der Waals surface area contributed by atoms with Crippen molar-refractivity contribution in [3.05, 3.63) is 29.3 Å². The largest absolute Gasteiger partial charge is 0.508 e. The van der Waals surface area contributed by atoms with Gasteiger partial charge in [0, 0.05) is 11.1 Å². The van der Waals surface area contributed by atoms with Gasteiger partial charge in [-0.1, -0.05) is 25.5 Å². The predicted molar refractivity (Wildman–Crippen MR) is 59.3 cm³/mol. The van der Waals surface area contributed by atoms with Crippen molar-refractivity contribution >= 4 is 0 Å². The zero-order valence-corrected chi connectivity index (χ0v) is 9.17. The van der Waals surface area contributed by atoms with Gasteiger partial charge in [0.05, 0.1) is 0 Å². The highest BCUT2D eigenvalue weighted by atomic mass is 16.3. The maximum atomic E-state index is 9.66. The molecule has 1 aromatic carbocycles. The van der Waals surface area contributed by atoms with Crippen LogP contribution < -0.4 is 5.73 Å². The Bertz CT molecular complexity index is 313. The lowest BCUT2D eigenvalue weighted by molar-refractivity contribution is 0.440. The van der Waals surface area contributed by atoms with Gasteiger partial charge in [-0.05, 0) is 31.9 Å². The standard InChI is InChI=1S/C12H19NO/c1-4-5-9-6-7-11(14)10(8-9)12(2,3)13/h6-8,14H,4-5,13H2,1-3H3. The first-order chi connectivity index (χ1) is 6.45. The molecular weight excluding hydrogens is 174 g/mol. The van der Waals surface area contributed by atoms with Gasteiger partial charge in [-0.2, -0.15) is 0 Å². The van der Waals surface area contributed by atoms with E-state index in [0.717, 1.165) is 18.4 Å². The fourth-order valence-electron chi connectivity index (χ4n) is 1.54. The number of hydrogen-bond acceptors (Lipinski definition) is 2. The molecule has 0 amide bonds. The number of hydrogen-bond donors (Lipinski definition) is 2. The molecule has 0 fully saturated rings. The Balaban J connectivity index is 3.09. The van der Waals surface area contributed by atoms with Crippen molar-refractivity contribution in [1.29, 1.82) is 0 Å². The zero-order valence-electron chi connectivity index (χ0n) is 9.17. The average Bonchev–Trinajstić information content (AvgIpc) is 2.07. The number of aromatic hydroxyl groups is 1. The van der Waals surface area contributed by atoms with Crippen LogP contribution in [0.2, 0.25) is 0 Å². The Labute approximate surface area is 85.8 Å². The molecule has 0 atom stereocenters. The lowest BCUT2D eigenvalue weighted by Crippen LogP contribution is -2.28. The maximum absolute atomic E-state index is 9.66. The first kappa shape index (κ1) is 11.1. The molecule has 14 heavy (non-hydrogen) atoms. The van der Waals surface area contributed by atoms with Gasteiger partial charge in [-0.15, -0.1) is 0 Å². The van der Waals surface area contributed by atoms with Gasteiger partial charge in [-0.25, -0.2) is 0 Å². The SMILES string of the molecule is CCCc1ccc(O)c(C(C)(C)N)c1. The summed E-state index contributed by atoms with van der Waals surface area (Å²) in [5.74, 6) is 0.289. The van der Waals surface area contributed by atoms with E-state index in [0.29, 0.717) is 0 Å². The lowest BCUT2D eigenvalue weighted by atomic mass is 9.92. The van der Waals surface area contributed by atoms with E-state index in [-0.39, 0.29) is 5.75 Å². The summed E-state index contributed by atoms with van der Waals surface area (Å²) in [4.78, 5) is 0. The third-order valence-corrected chi connectivity index (χ3v) is 2.29. The molecular formula is C12H19NO. The Kier molecular flexibility index (Phi) is 3.17. The highest BCUT2D eigenvalue weighted by Gasteiger charge is 2.18. The lowest BCUT2D eigenvalue weighted by Gasteiger charge is -2.21. The topological polar surface area (TPSA) is 46.2 Å². The maximum Gasteiger partial charge on any atom is 0.120 e. The Hall–Kier alpha value is -1.02. The summed E-state index contributed by atoms with van der Waals surface area (Å²) in [6, 6.07) is 5.68. The molecule has 2 heteroatoms. The highest BCUT2D eigenvalue weighted by molar-refractivity contribution is 5.40. The van der Waals surface area contributed by atoms with Crippen LogP contribution in [0.1, 0.15) is 38.3 Å². The summed E-state index contributed by atoms with van der Waals surface area (Å²) in [5.41, 5.74) is 7.54. The van der Waals surface area contributed by atoms with Crippen molar-refractivity contribution in [2.75, 3.05) is 0 Å². The number of benzene rings is 1. The van der Waals surface area contributed by atoms with Gasteiger partial charge < -0.3 is 10.8 Å². The minimum Gasteiger partial charge on any atom is -0.508 e. The normalized spacial score (nSPS) is 11.7. The van der Waals surface area contributed by atoms with Gasteiger partial charge >= 0.3 is 0 Å². The molecule has 0 aliphatic carbocycles. The van der Waals surface area contributed by atoms with Crippen LogP contribution in [-0.2, 0) is 12.0 Å². The van der Waals surface area contributed by atoms with Crippen LogP contribution in [0.4, 0.5) is 0 Å². The second-order valence-corrected chi connectivity index (χ2v) is 4.32. The van der Waals surface area contributed by atoms with E-state index >= 15 is 0 Å². The quantitative estimate of drug-likeness (QED) is 0.775. The van der Waals surface area contributed by atoms with Crippen molar-refractivity contribution in [1.82, 2.24) is 0 Å². The fourth-order valence-corrected chi connectivity index (χ4v) is 1.54. The van der Waals surface area contributed by atoms with Gasteiger partial charge in [0.2, 0.25) is 0 Å². The summed E-state index contributed by atoms with van der Waals surface area (Å²) < 4.78 is 0. The van der Waals surface area contributed by atoms with E-state index in [1.165, 1.54) is 5.56 Å². The van der Waals surface area contributed by atoms with E-state index < -0.39 is 5.54 Å². The van der Waals surface area contributed by atoms with Crippen LogP contribution in [0, 0.1) is 0 Å². The molecule has 1 aromatic rings. The number of phenolic OH excluding ortho intramolecular Hbond substituents is 1. The van der Waals surface area contributed by atoms with Crippen LogP contribution in [0.5, 0.6) is 5.75 Å². The molecule has 0 saturated carbocycles. The van der Waals surface area contributed by atoms with E-state index in [1.54, 1.807) is 6.07 Å². The van der Waals surface area contributed by atoms with Crippen LogP contribution in [0.3, 0.4) is 0 Å². The van der Waals surface area contributed by atoms with Crippen molar-refractivity contribution < 1.29 is 5.11 Å². The molecule has 0 heterocycles. The van der Waals surface area contributed by atoms with E-state index in [4.69, 9.17) is 5.73 Å². The van der Waals surface area contributed by atoms with Gasteiger partial charge in [0.25, 0.3) is 0 Å². The molecule has 2 nitrogen and oxygen atoms in total. The summed E-state index contributed by atoms with van der Waals surface area (Å²) in [7, 11) is 0. The van der Waals surface area contributed by atoms with Crippen molar-refractivity contribution in [2.45, 2.75) is 39.2 Å². The van der Waals surface area contributed by atoms with Gasteiger partial charge in [0.1, 0.15) is 5.75 Å². The summed E-state index contributed by atoms with van der Waals surface area (Å²) in [6.07, 6.45) is 2.14. The summed E-state index contributed by atoms with van der Waals surface area (Å²) >= 11 is 0. The molecule has 3 N–H and O–H groups in total. The number of phenols is 1. The van der Waals surface area contributed by atoms with Gasteiger partial charge in [-0.3, -0.25) is 0 Å². The molecule has 0 aliphatic rings. The minimum absolute atomic E-state index is 0.289. The summed E-state index contributed by atoms with van der Waals surface area (Å²) in [6.45, 7) is 5.94. The predicted octanol–water partition coefficient (Wildman–Crippen LogP) is 2.54. The molecule has 0 radical (unpaired) electrons. The third-order valence-electron chi connectivity index (χ3n) is 2.29. The Morgan fingerprint density at radius 1 is 1.36 bits per heavy atom. The zero-order chi connectivity index (χ0) is 10.8. The minimum atomic E-state index is -0.478. The second kappa shape index (κ2) is 4.01. The first-order valence-corrected chi connectivity index (χ1v) is 5.06. The molecule has 1 rings (SSSR count). The molecule has 0 spiro atoms. The van der Waals surface area contributed by atoms with Crippen LogP contribution in [-0.4, -0.2) is 5.11 Å². The molecule has 0 aromatic heterocycles. The summed E-state index contributed by atoms with van der Waals surface area (Å²) in [5, 5.41) is 9.66. The van der Waals surface area contributed by atoms with Crippen molar-refractivity contribution in [3.8, 4) is 5.75 Å². The van der Waals surface area contributed by atoms with Crippen LogP contribution in [0.15, 0.2) is 18.2 Å². The molecule has 0 saturated heterocycles. The van der Waals surface area contributed by atoms with E-state index in [2.05, 4.69) is 6.92 Å². The molecule has 0 unspecified atom stereocenters. The molecule has 0 bridgehead atoms.